The number of carbonyl (C=O) groups is 1. The largest absolute Gasteiger partial charge is 0.494 e. The maximum Gasteiger partial charge on any atom is 0.221 e. The molecule has 1 N–H and O–H groups in total. The first-order valence-electron chi connectivity index (χ1n) is 9.24. The predicted molar refractivity (Wildman–Crippen MR) is 101 cm³/mol. The maximum absolute atomic E-state index is 12.4. The van der Waals surface area contributed by atoms with E-state index in [-0.39, 0.29) is 11.8 Å². The standard InChI is InChI=1S/C20H21N3O2S/c1-2-25-17-9-13-5-3-4-12(13)8-14(17)15-10-18(24)21-11-16-19(15)23-6-7-26-20(23)22-16/h6-9,15H,2-5,10-11H2,1H3,(H,21,24). The highest BCUT2D eigenvalue weighted by atomic mass is 32.1. The Kier molecular flexibility index (Phi) is 3.74. The van der Waals surface area contributed by atoms with Crippen molar-refractivity contribution in [1.82, 2.24) is 14.7 Å². The van der Waals surface area contributed by atoms with Gasteiger partial charge in [-0.1, -0.05) is 6.07 Å². The van der Waals surface area contributed by atoms with Crippen LogP contribution in [-0.2, 0) is 24.2 Å². The fourth-order valence-corrected chi connectivity index (χ4v) is 5.05. The number of hydrogen-bond donors (Lipinski definition) is 1. The molecule has 6 heteroatoms. The highest BCUT2D eigenvalue weighted by molar-refractivity contribution is 7.15. The summed E-state index contributed by atoms with van der Waals surface area (Å²) < 4.78 is 8.16. The fraction of sp³-hybridized carbons (Fsp3) is 0.400. The lowest BCUT2D eigenvalue weighted by Crippen LogP contribution is -2.21. The number of nitrogens with zero attached hydrogens (tertiary/aromatic N) is 2. The number of imidazole rings is 1. The Morgan fingerprint density at radius 1 is 1.35 bits per heavy atom. The van der Waals surface area contributed by atoms with E-state index in [1.54, 1.807) is 11.3 Å². The van der Waals surface area contributed by atoms with Gasteiger partial charge in [0.25, 0.3) is 0 Å². The number of rotatable bonds is 3. The smallest absolute Gasteiger partial charge is 0.221 e. The average Bonchev–Trinajstić information content (AvgIpc) is 3.31. The maximum atomic E-state index is 12.4. The lowest BCUT2D eigenvalue weighted by atomic mass is 9.88. The molecule has 1 atom stereocenters. The van der Waals surface area contributed by atoms with Crippen LogP contribution >= 0.6 is 11.3 Å². The van der Waals surface area contributed by atoms with E-state index in [2.05, 4.69) is 28.0 Å². The van der Waals surface area contributed by atoms with Gasteiger partial charge in [0.05, 0.1) is 24.5 Å². The highest BCUT2D eigenvalue weighted by Crippen LogP contribution is 2.41. The van der Waals surface area contributed by atoms with Crippen molar-refractivity contribution in [3.63, 3.8) is 0 Å². The molecule has 1 aliphatic heterocycles. The summed E-state index contributed by atoms with van der Waals surface area (Å²) in [5.74, 6) is 0.952. The Morgan fingerprint density at radius 3 is 3.04 bits per heavy atom. The second-order valence-corrected chi connectivity index (χ2v) is 7.85. The third kappa shape index (κ3) is 2.43. The van der Waals surface area contributed by atoms with Gasteiger partial charge in [-0.2, -0.15) is 0 Å². The SMILES string of the molecule is CCOc1cc2c(cc1C1CC(=O)NCc3nc4sccn4c31)CCC2. The van der Waals surface area contributed by atoms with Gasteiger partial charge in [0, 0.05) is 29.5 Å². The number of carbonyl (C=O) groups excluding carboxylic acids is 1. The Bertz CT molecular complexity index is 1000. The minimum Gasteiger partial charge on any atom is -0.494 e. The van der Waals surface area contributed by atoms with E-state index in [1.165, 1.54) is 17.5 Å². The van der Waals surface area contributed by atoms with E-state index < -0.39 is 0 Å². The number of aryl methyl sites for hydroxylation is 2. The second kappa shape index (κ2) is 6.13. The normalized spacial score (nSPS) is 19.1. The van der Waals surface area contributed by atoms with Crippen LogP contribution in [0.5, 0.6) is 5.75 Å². The van der Waals surface area contributed by atoms with Gasteiger partial charge in [-0.3, -0.25) is 9.20 Å². The van der Waals surface area contributed by atoms with Crippen molar-refractivity contribution >= 4 is 22.2 Å². The first-order chi connectivity index (χ1) is 12.7. The van der Waals surface area contributed by atoms with Gasteiger partial charge in [0.2, 0.25) is 5.91 Å². The van der Waals surface area contributed by atoms with Crippen LogP contribution in [0, 0.1) is 0 Å². The van der Waals surface area contributed by atoms with Crippen molar-refractivity contribution in [1.29, 1.82) is 0 Å². The molecule has 1 amide bonds. The monoisotopic (exact) mass is 367 g/mol. The Labute approximate surface area is 156 Å². The molecule has 3 aromatic rings. The molecule has 2 aromatic heterocycles. The number of hydrogen-bond acceptors (Lipinski definition) is 4. The van der Waals surface area contributed by atoms with E-state index in [1.807, 2.05) is 12.3 Å². The molecule has 2 aliphatic rings. The molecule has 5 nitrogen and oxygen atoms in total. The van der Waals surface area contributed by atoms with Crippen LogP contribution in [0.1, 0.15) is 53.8 Å². The zero-order chi connectivity index (χ0) is 17.7. The Balaban J connectivity index is 1.72. The third-order valence-electron chi connectivity index (χ3n) is 5.45. The molecule has 26 heavy (non-hydrogen) atoms. The molecule has 0 spiro atoms. The van der Waals surface area contributed by atoms with Gasteiger partial charge >= 0.3 is 0 Å². The zero-order valence-electron chi connectivity index (χ0n) is 14.7. The number of benzene rings is 1. The van der Waals surface area contributed by atoms with E-state index in [9.17, 15) is 4.79 Å². The summed E-state index contributed by atoms with van der Waals surface area (Å²) in [5.41, 5.74) is 6.01. The summed E-state index contributed by atoms with van der Waals surface area (Å²) in [5, 5.41) is 5.05. The van der Waals surface area contributed by atoms with Crippen molar-refractivity contribution in [3.8, 4) is 5.75 Å². The lowest BCUT2D eigenvalue weighted by molar-refractivity contribution is -0.121. The molecule has 134 valence electrons. The van der Waals surface area contributed by atoms with E-state index in [4.69, 9.17) is 9.72 Å². The van der Waals surface area contributed by atoms with Crippen LogP contribution in [0.25, 0.3) is 4.96 Å². The van der Waals surface area contributed by atoms with Crippen LogP contribution in [0.3, 0.4) is 0 Å². The first-order valence-corrected chi connectivity index (χ1v) is 10.1. The summed E-state index contributed by atoms with van der Waals surface area (Å²) in [6, 6.07) is 4.49. The number of fused-ring (bicyclic) bond motifs is 4. The average molecular weight is 367 g/mol. The van der Waals surface area contributed by atoms with Gasteiger partial charge in [-0.25, -0.2) is 4.98 Å². The Hall–Kier alpha value is -2.34. The van der Waals surface area contributed by atoms with Gasteiger partial charge in [0.1, 0.15) is 5.75 Å². The summed E-state index contributed by atoms with van der Waals surface area (Å²) in [7, 11) is 0. The predicted octanol–water partition coefficient (Wildman–Crippen LogP) is 3.44. The molecular formula is C20H21N3O2S. The minimum atomic E-state index is -0.0375. The summed E-state index contributed by atoms with van der Waals surface area (Å²) in [4.78, 5) is 18.2. The van der Waals surface area contributed by atoms with Crippen LogP contribution in [0.2, 0.25) is 0 Å². The quantitative estimate of drug-likeness (QED) is 0.772. The number of thiazole rings is 1. The Morgan fingerprint density at radius 2 is 2.19 bits per heavy atom. The van der Waals surface area contributed by atoms with E-state index in [0.717, 1.165) is 40.5 Å². The van der Waals surface area contributed by atoms with Crippen molar-refractivity contribution < 1.29 is 9.53 Å². The number of nitrogens with one attached hydrogen (secondary N) is 1. The summed E-state index contributed by atoms with van der Waals surface area (Å²) in [6.45, 7) is 3.13. The number of amides is 1. The van der Waals surface area contributed by atoms with E-state index >= 15 is 0 Å². The molecular weight excluding hydrogens is 346 g/mol. The first kappa shape index (κ1) is 15.9. The zero-order valence-corrected chi connectivity index (χ0v) is 15.6. The van der Waals surface area contributed by atoms with Gasteiger partial charge in [-0.15, -0.1) is 11.3 Å². The molecule has 1 aromatic carbocycles. The molecule has 0 fully saturated rings. The third-order valence-corrected chi connectivity index (χ3v) is 6.20. The van der Waals surface area contributed by atoms with Crippen molar-refractivity contribution in [2.75, 3.05) is 6.61 Å². The van der Waals surface area contributed by atoms with Crippen molar-refractivity contribution in [2.45, 2.75) is 45.1 Å². The van der Waals surface area contributed by atoms with Crippen LogP contribution in [-0.4, -0.2) is 21.9 Å². The van der Waals surface area contributed by atoms with Crippen LogP contribution < -0.4 is 10.1 Å². The van der Waals surface area contributed by atoms with Crippen molar-refractivity contribution in [3.05, 3.63) is 51.8 Å². The molecule has 3 heterocycles. The molecule has 0 saturated carbocycles. The fourth-order valence-electron chi connectivity index (χ4n) is 4.31. The molecule has 0 radical (unpaired) electrons. The van der Waals surface area contributed by atoms with Crippen molar-refractivity contribution in [2.24, 2.45) is 0 Å². The van der Waals surface area contributed by atoms with Gasteiger partial charge < -0.3 is 10.1 Å². The highest BCUT2D eigenvalue weighted by Gasteiger charge is 2.32. The molecule has 0 saturated heterocycles. The second-order valence-electron chi connectivity index (χ2n) is 6.98. The van der Waals surface area contributed by atoms with Crippen LogP contribution in [0.4, 0.5) is 0 Å². The van der Waals surface area contributed by atoms with Crippen LogP contribution in [0.15, 0.2) is 23.7 Å². The minimum absolute atomic E-state index is 0.0375. The number of aromatic nitrogens is 2. The summed E-state index contributed by atoms with van der Waals surface area (Å²) in [6.07, 6.45) is 5.91. The van der Waals surface area contributed by atoms with E-state index in [0.29, 0.717) is 19.6 Å². The van der Waals surface area contributed by atoms with Gasteiger partial charge in [0.15, 0.2) is 4.96 Å². The summed E-state index contributed by atoms with van der Waals surface area (Å²) >= 11 is 1.63. The lowest BCUT2D eigenvalue weighted by Gasteiger charge is -2.20. The molecule has 0 bridgehead atoms. The number of ether oxygens (including phenoxy) is 1. The topological polar surface area (TPSA) is 55.6 Å². The molecule has 1 aliphatic carbocycles. The molecule has 1 unspecified atom stereocenters. The van der Waals surface area contributed by atoms with Gasteiger partial charge in [-0.05, 0) is 43.4 Å². The molecule has 5 rings (SSSR count).